The van der Waals surface area contributed by atoms with E-state index in [1.165, 1.54) is 25.7 Å². The van der Waals surface area contributed by atoms with Crippen molar-refractivity contribution in [3.05, 3.63) is 0 Å². The molecule has 0 heterocycles. The molecule has 1 aliphatic carbocycles. The fourth-order valence-electron chi connectivity index (χ4n) is 2.28. The SMILES string of the molecule is CCCCCCC(C)C1(S)C(S)(S)C1(S)S. The van der Waals surface area contributed by atoms with Gasteiger partial charge in [0, 0.05) is 0 Å². The van der Waals surface area contributed by atoms with Gasteiger partial charge < -0.3 is 0 Å². The van der Waals surface area contributed by atoms with Crippen molar-refractivity contribution >= 4 is 63.1 Å². The smallest absolute Gasteiger partial charge is 0.0968 e. The summed E-state index contributed by atoms with van der Waals surface area (Å²) in [6, 6.07) is 0. The lowest BCUT2D eigenvalue weighted by atomic mass is 9.97. The second kappa shape index (κ2) is 5.40. The predicted molar refractivity (Wildman–Crippen MR) is 91.0 cm³/mol. The van der Waals surface area contributed by atoms with E-state index in [0.29, 0.717) is 5.92 Å². The van der Waals surface area contributed by atoms with Crippen molar-refractivity contribution in [1.82, 2.24) is 0 Å². The standard InChI is InChI=1S/C11H22S5/c1-3-4-5-6-7-8(2)9(12)10(13,14)11(9,15)16/h8,12-16H,3-7H2,1-2H3. The second-order valence-corrected chi connectivity index (χ2v) is 8.96. The number of thiol groups is 5. The maximum atomic E-state index is 4.74. The molecule has 0 spiro atoms. The third-order valence-electron chi connectivity index (χ3n) is 3.69. The van der Waals surface area contributed by atoms with E-state index in [4.69, 9.17) is 12.6 Å². The van der Waals surface area contributed by atoms with Gasteiger partial charge in [-0.15, -0.1) is 0 Å². The highest BCUT2D eigenvalue weighted by atomic mass is 32.2. The van der Waals surface area contributed by atoms with Crippen LogP contribution in [0.2, 0.25) is 0 Å². The largest absolute Gasteiger partial charge is 0.167 e. The predicted octanol–water partition coefficient (Wildman–Crippen LogP) is 4.39. The first kappa shape index (κ1) is 15.8. The Kier molecular flexibility index (Phi) is 5.33. The van der Waals surface area contributed by atoms with E-state index >= 15 is 0 Å². The van der Waals surface area contributed by atoms with Gasteiger partial charge in [-0.25, -0.2) is 0 Å². The van der Waals surface area contributed by atoms with Gasteiger partial charge in [-0.1, -0.05) is 39.5 Å². The summed E-state index contributed by atoms with van der Waals surface area (Å²) in [4.78, 5) is 0. The molecule has 1 rings (SSSR count). The van der Waals surface area contributed by atoms with E-state index in [1.807, 2.05) is 0 Å². The maximum Gasteiger partial charge on any atom is 0.0968 e. The van der Waals surface area contributed by atoms with Gasteiger partial charge >= 0.3 is 0 Å². The topological polar surface area (TPSA) is 0 Å². The van der Waals surface area contributed by atoms with E-state index in [-0.39, 0.29) is 4.75 Å². The zero-order valence-electron chi connectivity index (χ0n) is 9.85. The van der Waals surface area contributed by atoms with Gasteiger partial charge in [0.25, 0.3) is 0 Å². The zero-order valence-corrected chi connectivity index (χ0v) is 14.3. The van der Waals surface area contributed by atoms with Gasteiger partial charge in [0.2, 0.25) is 0 Å². The van der Waals surface area contributed by atoms with E-state index in [9.17, 15) is 0 Å². The Labute approximate surface area is 127 Å². The minimum Gasteiger partial charge on any atom is -0.167 e. The molecule has 1 unspecified atom stereocenters. The van der Waals surface area contributed by atoms with Crippen molar-refractivity contribution < 1.29 is 0 Å². The Morgan fingerprint density at radius 1 is 0.875 bits per heavy atom. The van der Waals surface area contributed by atoms with E-state index in [0.717, 1.165) is 6.42 Å². The molecule has 16 heavy (non-hydrogen) atoms. The van der Waals surface area contributed by atoms with Crippen LogP contribution >= 0.6 is 63.1 Å². The maximum absolute atomic E-state index is 4.74. The molecule has 0 aromatic carbocycles. The molecule has 0 aliphatic heterocycles. The summed E-state index contributed by atoms with van der Waals surface area (Å²) in [6.07, 6.45) is 6.27. The molecule has 0 bridgehead atoms. The highest BCUT2D eigenvalue weighted by Gasteiger charge is 2.81. The molecule has 0 amide bonds. The van der Waals surface area contributed by atoms with Gasteiger partial charge in [0.15, 0.2) is 0 Å². The number of hydrogen-bond acceptors (Lipinski definition) is 5. The first-order valence-electron chi connectivity index (χ1n) is 5.85. The molecule has 5 heteroatoms. The summed E-state index contributed by atoms with van der Waals surface area (Å²) >= 11 is 22.9. The van der Waals surface area contributed by atoms with Crippen LogP contribution in [0, 0.1) is 5.92 Å². The van der Waals surface area contributed by atoms with Crippen molar-refractivity contribution in [1.29, 1.82) is 0 Å². The van der Waals surface area contributed by atoms with Gasteiger partial charge in [-0.3, -0.25) is 0 Å². The number of unbranched alkanes of at least 4 members (excludes halogenated alkanes) is 3. The Bertz CT molecular complexity index is 235. The van der Waals surface area contributed by atoms with Crippen LogP contribution in [-0.4, -0.2) is 12.9 Å². The highest BCUT2D eigenvalue weighted by molar-refractivity contribution is 8.12. The average molecular weight is 315 g/mol. The molecule has 0 radical (unpaired) electrons. The van der Waals surface area contributed by atoms with Gasteiger partial charge in [0.05, 0.1) is 12.9 Å². The summed E-state index contributed by atoms with van der Waals surface area (Å²) in [7, 11) is 0. The Hall–Kier alpha value is 1.75. The summed E-state index contributed by atoms with van der Waals surface area (Å²) in [5, 5.41) is 0. The molecule has 0 saturated heterocycles. The Morgan fingerprint density at radius 2 is 1.38 bits per heavy atom. The monoisotopic (exact) mass is 314 g/mol. The summed E-state index contributed by atoms with van der Waals surface area (Å²) in [5.74, 6) is 0.428. The summed E-state index contributed by atoms with van der Waals surface area (Å²) in [5.41, 5.74) is 0. The van der Waals surface area contributed by atoms with Crippen LogP contribution in [-0.2, 0) is 0 Å². The molecule has 0 aromatic rings. The van der Waals surface area contributed by atoms with E-state index in [1.54, 1.807) is 0 Å². The van der Waals surface area contributed by atoms with Crippen LogP contribution in [0.25, 0.3) is 0 Å². The van der Waals surface area contributed by atoms with Crippen LogP contribution in [0.1, 0.15) is 46.0 Å². The van der Waals surface area contributed by atoms with Gasteiger partial charge in [-0.05, 0) is 12.3 Å². The normalized spacial score (nSPS) is 26.4. The molecule has 96 valence electrons. The molecular formula is C11H22S5. The molecule has 1 fully saturated rings. The summed E-state index contributed by atoms with van der Waals surface area (Å²) in [6.45, 7) is 4.43. The van der Waals surface area contributed by atoms with Crippen LogP contribution in [0.15, 0.2) is 0 Å². The van der Waals surface area contributed by atoms with Crippen LogP contribution < -0.4 is 0 Å². The molecule has 0 N–H and O–H groups in total. The lowest BCUT2D eigenvalue weighted by molar-refractivity contribution is 0.464. The van der Waals surface area contributed by atoms with Crippen molar-refractivity contribution in [2.45, 2.75) is 58.9 Å². The molecule has 0 aromatic heterocycles. The van der Waals surface area contributed by atoms with Gasteiger partial charge in [0.1, 0.15) is 0 Å². The molecule has 1 atom stereocenters. The van der Waals surface area contributed by atoms with Crippen molar-refractivity contribution in [3.63, 3.8) is 0 Å². The number of hydrogen-bond donors (Lipinski definition) is 5. The molecule has 1 aliphatic rings. The third kappa shape index (κ3) is 2.28. The second-order valence-electron chi connectivity index (χ2n) is 4.86. The van der Waals surface area contributed by atoms with Crippen molar-refractivity contribution in [2.75, 3.05) is 0 Å². The highest BCUT2D eigenvalue weighted by Crippen LogP contribution is 2.76. The average Bonchev–Trinajstić information content (AvgIpc) is 2.52. The van der Waals surface area contributed by atoms with Crippen LogP contribution in [0.4, 0.5) is 0 Å². The quantitative estimate of drug-likeness (QED) is 0.268. The minimum atomic E-state index is -0.500. The fourth-order valence-corrected chi connectivity index (χ4v) is 5.43. The Morgan fingerprint density at radius 3 is 1.75 bits per heavy atom. The number of rotatable bonds is 6. The van der Waals surface area contributed by atoms with Gasteiger partial charge in [-0.2, -0.15) is 63.1 Å². The molecule has 1 saturated carbocycles. The van der Waals surface area contributed by atoms with Crippen LogP contribution in [0.3, 0.4) is 0 Å². The zero-order chi connectivity index (χ0) is 12.6. The van der Waals surface area contributed by atoms with Crippen molar-refractivity contribution in [3.8, 4) is 0 Å². The fraction of sp³-hybridized carbons (Fsp3) is 1.00. The summed E-state index contributed by atoms with van der Waals surface area (Å²) < 4.78 is -1.30. The van der Waals surface area contributed by atoms with E-state index < -0.39 is 8.16 Å². The van der Waals surface area contributed by atoms with Crippen LogP contribution in [0.5, 0.6) is 0 Å². The first-order chi connectivity index (χ1) is 7.23. The van der Waals surface area contributed by atoms with Crippen molar-refractivity contribution in [2.24, 2.45) is 5.92 Å². The third-order valence-corrected chi connectivity index (χ3v) is 8.97. The molecular weight excluding hydrogens is 292 g/mol. The Balaban J connectivity index is 2.47. The van der Waals surface area contributed by atoms with E-state index in [2.05, 4.69) is 64.4 Å². The lowest BCUT2D eigenvalue weighted by Crippen LogP contribution is -2.22. The minimum absolute atomic E-state index is 0.301. The molecule has 0 nitrogen and oxygen atoms in total. The lowest BCUT2D eigenvalue weighted by Gasteiger charge is -2.22. The first-order valence-corrected chi connectivity index (χ1v) is 8.09.